The van der Waals surface area contributed by atoms with Gasteiger partial charge in [-0.05, 0) is 43.7 Å². The van der Waals surface area contributed by atoms with Gasteiger partial charge in [0.2, 0.25) is 0 Å². The lowest BCUT2D eigenvalue weighted by Crippen LogP contribution is -2.50. The minimum atomic E-state index is -0.126. The van der Waals surface area contributed by atoms with Crippen LogP contribution in [0.1, 0.15) is 11.1 Å². The second-order valence-corrected chi connectivity index (χ2v) is 7.23. The summed E-state index contributed by atoms with van der Waals surface area (Å²) in [6, 6.07) is 11.4. The summed E-state index contributed by atoms with van der Waals surface area (Å²) in [7, 11) is 0. The van der Waals surface area contributed by atoms with E-state index in [-0.39, 0.29) is 6.03 Å². The highest BCUT2D eigenvalue weighted by atomic mass is 35.5. The van der Waals surface area contributed by atoms with Gasteiger partial charge in [0, 0.05) is 47.6 Å². The van der Waals surface area contributed by atoms with Crippen LogP contribution in [0, 0.1) is 13.8 Å². The zero-order chi connectivity index (χ0) is 18.0. The average molecular weight is 378 g/mol. The zero-order valence-corrected chi connectivity index (χ0v) is 15.9. The van der Waals surface area contributed by atoms with Crippen LogP contribution in [0.5, 0.6) is 0 Å². The lowest BCUT2D eigenvalue weighted by Gasteiger charge is -2.36. The summed E-state index contributed by atoms with van der Waals surface area (Å²) in [6.45, 7) is 7.20. The lowest BCUT2D eigenvalue weighted by atomic mass is 10.1. The predicted molar refractivity (Wildman–Crippen MR) is 105 cm³/mol. The van der Waals surface area contributed by atoms with Crippen molar-refractivity contribution in [3.8, 4) is 0 Å². The number of hydrogen-bond acceptors (Lipinski definition) is 2. The van der Waals surface area contributed by atoms with Gasteiger partial charge in [-0.15, -0.1) is 0 Å². The van der Waals surface area contributed by atoms with E-state index in [0.717, 1.165) is 13.1 Å². The van der Waals surface area contributed by atoms with E-state index < -0.39 is 0 Å². The van der Waals surface area contributed by atoms with Crippen LogP contribution >= 0.6 is 23.2 Å². The number of aryl methyl sites for hydroxylation is 2. The molecule has 0 radical (unpaired) electrons. The van der Waals surface area contributed by atoms with Gasteiger partial charge < -0.3 is 15.1 Å². The highest BCUT2D eigenvalue weighted by Crippen LogP contribution is 2.24. The Labute approximate surface area is 158 Å². The molecule has 0 aliphatic carbocycles. The largest absolute Gasteiger partial charge is 0.368 e. The van der Waals surface area contributed by atoms with Crippen molar-refractivity contribution < 1.29 is 4.79 Å². The minimum Gasteiger partial charge on any atom is -0.368 e. The predicted octanol–water partition coefficient (Wildman–Crippen LogP) is 4.96. The highest BCUT2D eigenvalue weighted by Gasteiger charge is 2.22. The van der Waals surface area contributed by atoms with Crippen LogP contribution in [0.15, 0.2) is 36.4 Å². The van der Waals surface area contributed by atoms with Gasteiger partial charge in [-0.2, -0.15) is 0 Å². The van der Waals surface area contributed by atoms with Crippen molar-refractivity contribution in [3.63, 3.8) is 0 Å². The SMILES string of the molecule is Cc1ccc(N2CCN(C(=O)Nc3cc(Cl)cc(Cl)c3)CC2)c(C)c1. The van der Waals surface area contributed by atoms with Gasteiger partial charge in [-0.3, -0.25) is 0 Å². The molecule has 132 valence electrons. The number of hydrogen-bond donors (Lipinski definition) is 1. The van der Waals surface area contributed by atoms with Crippen molar-refractivity contribution in [1.82, 2.24) is 4.90 Å². The van der Waals surface area contributed by atoms with Crippen molar-refractivity contribution >= 4 is 40.6 Å². The van der Waals surface area contributed by atoms with E-state index >= 15 is 0 Å². The van der Waals surface area contributed by atoms with Gasteiger partial charge in [0.15, 0.2) is 0 Å². The second-order valence-electron chi connectivity index (χ2n) is 6.35. The molecule has 1 saturated heterocycles. The van der Waals surface area contributed by atoms with Crippen LogP contribution in [0.25, 0.3) is 0 Å². The standard InChI is InChI=1S/C19H21Cl2N3O/c1-13-3-4-18(14(2)9-13)23-5-7-24(8-6-23)19(25)22-17-11-15(20)10-16(21)12-17/h3-4,9-12H,5-8H2,1-2H3,(H,22,25). The zero-order valence-electron chi connectivity index (χ0n) is 14.4. The van der Waals surface area contributed by atoms with Crippen molar-refractivity contribution in [2.45, 2.75) is 13.8 Å². The number of nitrogens with one attached hydrogen (secondary N) is 1. The molecule has 2 aromatic carbocycles. The molecule has 0 saturated carbocycles. The van der Waals surface area contributed by atoms with E-state index in [1.807, 2.05) is 4.90 Å². The summed E-state index contributed by atoms with van der Waals surface area (Å²) < 4.78 is 0. The fourth-order valence-electron chi connectivity index (χ4n) is 3.14. The van der Waals surface area contributed by atoms with E-state index in [9.17, 15) is 4.79 Å². The summed E-state index contributed by atoms with van der Waals surface area (Å²) >= 11 is 12.0. The fourth-order valence-corrected chi connectivity index (χ4v) is 3.67. The van der Waals surface area contributed by atoms with Gasteiger partial charge in [0.25, 0.3) is 0 Å². The molecule has 0 aromatic heterocycles. The van der Waals surface area contributed by atoms with E-state index in [2.05, 4.69) is 42.3 Å². The number of amides is 2. The Morgan fingerprint density at radius 3 is 2.20 bits per heavy atom. The van der Waals surface area contributed by atoms with Crippen molar-refractivity contribution in [2.24, 2.45) is 0 Å². The van der Waals surface area contributed by atoms with Crippen molar-refractivity contribution in [3.05, 3.63) is 57.6 Å². The number of urea groups is 1. The van der Waals surface area contributed by atoms with Crippen LogP contribution < -0.4 is 10.2 Å². The van der Waals surface area contributed by atoms with Crippen LogP contribution in [-0.4, -0.2) is 37.1 Å². The Balaban J connectivity index is 1.60. The molecule has 2 aromatic rings. The number of halogens is 2. The molecule has 25 heavy (non-hydrogen) atoms. The molecule has 2 amide bonds. The molecular weight excluding hydrogens is 357 g/mol. The average Bonchev–Trinajstić information content (AvgIpc) is 2.54. The highest BCUT2D eigenvalue weighted by molar-refractivity contribution is 6.35. The molecule has 3 rings (SSSR count). The molecule has 1 fully saturated rings. The Bertz CT molecular complexity index is 766. The van der Waals surface area contributed by atoms with E-state index in [1.165, 1.54) is 16.8 Å². The molecule has 0 spiro atoms. The van der Waals surface area contributed by atoms with E-state index in [0.29, 0.717) is 28.8 Å². The molecular formula is C19H21Cl2N3O. The minimum absolute atomic E-state index is 0.126. The number of piperazine rings is 1. The third-order valence-electron chi connectivity index (χ3n) is 4.37. The molecule has 1 aliphatic rings. The van der Waals surface area contributed by atoms with Gasteiger partial charge in [-0.25, -0.2) is 4.79 Å². The van der Waals surface area contributed by atoms with Crippen LogP contribution in [0.3, 0.4) is 0 Å². The quantitative estimate of drug-likeness (QED) is 0.801. The summed E-state index contributed by atoms with van der Waals surface area (Å²) in [6.07, 6.45) is 0. The van der Waals surface area contributed by atoms with Gasteiger partial charge >= 0.3 is 6.03 Å². The first kappa shape index (κ1) is 17.9. The molecule has 0 unspecified atom stereocenters. The molecule has 0 atom stereocenters. The number of carbonyl (C=O) groups is 1. The monoisotopic (exact) mass is 377 g/mol. The summed E-state index contributed by atoms with van der Waals surface area (Å²) in [4.78, 5) is 16.6. The number of benzene rings is 2. The summed E-state index contributed by atoms with van der Waals surface area (Å²) in [5, 5.41) is 3.87. The third-order valence-corrected chi connectivity index (χ3v) is 4.81. The number of carbonyl (C=O) groups excluding carboxylic acids is 1. The maximum Gasteiger partial charge on any atom is 0.321 e. The molecule has 4 nitrogen and oxygen atoms in total. The Morgan fingerprint density at radius 1 is 0.960 bits per heavy atom. The lowest BCUT2D eigenvalue weighted by molar-refractivity contribution is 0.208. The van der Waals surface area contributed by atoms with E-state index in [4.69, 9.17) is 23.2 Å². The Hall–Kier alpha value is -1.91. The van der Waals surface area contributed by atoms with Crippen LogP contribution in [-0.2, 0) is 0 Å². The maximum absolute atomic E-state index is 12.5. The molecule has 6 heteroatoms. The van der Waals surface area contributed by atoms with Gasteiger partial charge in [0.05, 0.1) is 0 Å². The van der Waals surface area contributed by atoms with E-state index in [1.54, 1.807) is 18.2 Å². The first-order chi connectivity index (χ1) is 11.9. The maximum atomic E-state index is 12.5. The first-order valence-corrected chi connectivity index (χ1v) is 9.02. The number of anilines is 2. The van der Waals surface area contributed by atoms with Crippen molar-refractivity contribution in [2.75, 3.05) is 36.4 Å². The Morgan fingerprint density at radius 2 is 1.60 bits per heavy atom. The van der Waals surface area contributed by atoms with Crippen LogP contribution in [0.2, 0.25) is 10.0 Å². The summed E-state index contributed by atoms with van der Waals surface area (Å²) in [5.74, 6) is 0. The molecule has 1 aliphatic heterocycles. The second kappa shape index (κ2) is 7.54. The van der Waals surface area contributed by atoms with Gasteiger partial charge in [-0.1, -0.05) is 40.9 Å². The summed E-state index contributed by atoms with van der Waals surface area (Å²) in [5.41, 5.74) is 4.39. The normalized spacial score (nSPS) is 14.6. The van der Waals surface area contributed by atoms with Crippen LogP contribution in [0.4, 0.5) is 16.2 Å². The molecule has 1 N–H and O–H groups in total. The number of rotatable bonds is 2. The fraction of sp³-hybridized carbons (Fsp3) is 0.316. The number of nitrogens with zero attached hydrogens (tertiary/aromatic N) is 2. The first-order valence-electron chi connectivity index (χ1n) is 8.26. The van der Waals surface area contributed by atoms with Crippen molar-refractivity contribution in [1.29, 1.82) is 0 Å². The third kappa shape index (κ3) is 4.39. The molecule has 0 bridgehead atoms. The van der Waals surface area contributed by atoms with Gasteiger partial charge in [0.1, 0.15) is 0 Å². The topological polar surface area (TPSA) is 35.6 Å². The molecule has 1 heterocycles. The Kier molecular flexibility index (Phi) is 5.40. The smallest absolute Gasteiger partial charge is 0.321 e.